The minimum atomic E-state index is -5.29. The van der Waals surface area contributed by atoms with Gasteiger partial charge >= 0.3 is 11.8 Å². The van der Waals surface area contributed by atoms with Crippen LogP contribution in [0, 0.1) is 0 Å². The summed E-state index contributed by atoms with van der Waals surface area (Å²) in [6.07, 6.45) is 5.77. The van der Waals surface area contributed by atoms with E-state index in [2.05, 4.69) is 6.92 Å². The Bertz CT molecular complexity index is 627. The van der Waals surface area contributed by atoms with Gasteiger partial charge < -0.3 is 76.6 Å². The number of rotatable bonds is 17. The fraction of sp³-hybridized carbons (Fsp3) is 0.950. The van der Waals surface area contributed by atoms with Crippen molar-refractivity contribution < 1.29 is 81.4 Å². The molecule has 36 heavy (non-hydrogen) atoms. The normalized spacial score (nSPS) is 13.9. The van der Waals surface area contributed by atoms with Crippen molar-refractivity contribution in [3.05, 3.63) is 0 Å². The van der Waals surface area contributed by atoms with Gasteiger partial charge in [0.25, 0.3) is 23.1 Å². The van der Waals surface area contributed by atoms with Gasteiger partial charge in [-0.3, -0.25) is 0 Å². The van der Waals surface area contributed by atoms with Crippen LogP contribution in [0.1, 0.15) is 71.1 Å². The zero-order valence-electron chi connectivity index (χ0n) is 20.1. The van der Waals surface area contributed by atoms with Crippen molar-refractivity contribution in [2.45, 2.75) is 106 Å². The van der Waals surface area contributed by atoms with E-state index >= 15 is 0 Å². The number of aliphatic carboxylic acids is 1. The monoisotopic (exact) mass is 538 g/mol. The lowest BCUT2D eigenvalue weighted by Crippen LogP contribution is -2.85. The van der Waals surface area contributed by atoms with E-state index in [1.165, 1.54) is 0 Å². The van der Waals surface area contributed by atoms with Crippen molar-refractivity contribution in [1.82, 2.24) is 0 Å². The number of carboxylic acids is 1. The average molecular weight is 539 g/mol. The van der Waals surface area contributed by atoms with Crippen LogP contribution in [0.5, 0.6) is 0 Å². The molecule has 218 valence electrons. The van der Waals surface area contributed by atoms with E-state index in [0.29, 0.717) is 12.8 Å². The summed E-state index contributed by atoms with van der Waals surface area (Å²) in [5, 5.41) is 140. The fourth-order valence-corrected chi connectivity index (χ4v) is 3.01. The maximum absolute atomic E-state index is 10.8. The SMILES string of the molecule is CCCCCCCCCCCC(O)(O)C(O)(O)C(O)(O)C(O)(O)C(O)(O)C(O)(O)C(=O)O.OCCO. The number of aliphatic hydroxyl groups is 14. The Kier molecular flexibility index (Phi) is 15.2. The summed E-state index contributed by atoms with van der Waals surface area (Å²) < 4.78 is 0. The molecule has 0 rings (SSSR count). The number of aliphatic hydroxyl groups excluding tert-OH is 2. The molecule has 0 saturated carbocycles. The largest absolute Gasteiger partial charge is 0.477 e. The number of hydrogen-bond acceptors (Lipinski definition) is 15. The molecule has 0 aromatic rings. The van der Waals surface area contributed by atoms with Gasteiger partial charge in [-0.2, -0.15) is 0 Å². The average Bonchev–Trinajstić information content (AvgIpc) is 2.77. The Morgan fingerprint density at radius 3 is 1.19 bits per heavy atom. The van der Waals surface area contributed by atoms with Crippen molar-refractivity contribution >= 4 is 5.97 Å². The molecule has 0 aliphatic carbocycles. The van der Waals surface area contributed by atoms with Gasteiger partial charge in [0.15, 0.2) is 0 Å². The minimum absolute atomic E-state index is 0.125. The lowest BCUT2D eigenvalue weighted by Gasteiger charge is -2.51. The molecule has 0 radical (unpaired) electrons. The third-order valence-corrected chi connectivity index (χ3v) is 5.53. The van der Waals surface area contributed by atoms with Gasteiger partial charge in [0.05, 0.1) is 13.2 Å². The fourth-order valence-electron chi connectivity index (χ4n) is 3.01. The molecule has 0 bridgehead atoms. The van der Waals surface area contributed by atoms with E-state index in [4.69, 9.17) is 15.3 Å². The summed E-state index contributed by atoms with van der Waals surface area (Å²) >= 11 is 0. The number of hydrogen-bond donors (Lipinski definition) is 15. The molecule has 0 aromatic carbocycles. The first kappa shape index (κ1) is 37.1. The Labute approximate surface area is 207 Å². The van der Waals surface area contributed by atoms with Crippen LogP contribution >= 0.6 is 0 Å². The second kappa shape index (κ2) is 14.7. The minimum Gasteiger partial charge on any atom is -0.477 e. The molecule has 15 N–H and O–H groups in total. The molecular formula is C20H42O16. The molecule has 0 spiro atoms. The predicted octanol–water partition coefficient (Wildman–Crippen LogP) is -4.95. The van der Waals surface area contributed by atoms with Crippen LogP contribution in [0.15, 0.2) is 0 Å². The van der Waals surface area contributed by atoms with Crippen molar-refractivity contribution in [2.24, 2.45) is 0 Å². The summed E-state index contributed by atoms with van der Waals surface area (Å²) in [6.45, 7) is 1.82. The van der Waals surface area contributed by atoms with Crippen LogP contribution in [0.2, 0.25) is 0 Å². The summed E-state index contributed by atoms with van der Waals surface area (Å²) in [5.41, 5.74) is 0. The van der Waals surface area contributed by atoms with E-state index in [9.17, 15) is 66.1 Å². The number of carbonyl (C=O) groups is 1. The first-order valence-electron chi connectivity index (χ1n) is 11.3. The molecule has 16 nitrogen and oxygen atoms in total. The number of unbranched alkanes of at least 4 members (excludes halogenated alkanes) is 8. The second-order valence-corrected chi connectivity index (χ2v) is 8.51. The standard InChI is InChI=1S/C18H36O14.C2H6O2/c1-2-3-4-5-6-7-8-9-10-11-13(21,22)15(25,26)17(29,30)18(31,32)16(27,28)14(23,24)12(19)20;3-1-2-4/h21-32H,2-11H2,1H3,(H,19,20);3-4H,1-2H2. The Balaban J connectivity index is 0. The highest BCUT2D eigenvalue weighted by molar-refractivity contribution is 5.76. The van der Waals surface area contributed by atoms with Crippen LogP contribution in [0.25, 0.3) is 0 Å². The van der Waals surface area contributed by atoms with Crippen LogP contribution in [0.3, 0.4) is 0 Å². The Morgan fingerprint density at radius 2 is 0.861 bits per heavy atom. The van der Waals surface area contributed by atoms with E-state index in [0.717, 1.165) is 38.5 Å². The van der Waals surface area contributed by atoms with Crippen molar-refractivity contribution in [3.63, 3.8) is 0 Å². The Hall–Kier alpha value is -1.09. The highest BCUT2D eigenvalue weighted by atomic mass is 16.7. The van der Waals surface area contributed by atoms with E-state index in [1.54, 1.807) is 0 Å². The first-order valence-corrected chi connectivity index (χ1v) is 11.3. The topological polar surface area (TPSA) is 321 Å². The van der Waals surface area contributed by atoms with Gasteiger partial charge in [0, 0.05) is 6.42 Å². The van der Waals surface area contributed by atoms with Crippen molar-refractivity contribution in [3.8, 4) is 0 Å². The number of carboxylic acid groups (broad SMARTS) is 1. The molecule has 0 atom stereocenters. The molecule has 0 unspecified atom stereocenters. The molecule has 0 amide bonds. The highest BCUT2D eigenvalue weighted by Gasteiger charge is 2.80. The maximum atomic E-state index is 10.8. The van der Waals surface area contributed by atoms with E-state index in [1.807, 2.05) is 0 Å². The van der Waals surface area contributed by atoms with Gasteiger partial charge in [0.2, 0.25) is 5.79 Å². The van der Waals surface area contributed by atoms with Gasteiger partial charge in [-0.25, -0.2) is 4.79 Å². The smallest absolute Gasteiger partial charge is 0.370 e. The third-order valence-electron chi connectivity index (χ3n) is 5.53. The molecule has 0 aliphatic rings. The first-order chi connectivity index (χ1) is 16.2. The second-order valence-electron chi connectivity index (χ2n) is 8.51. The quantitative estimate of drug-likeness (QED) is 0.0608. The zero-order valence-corrected chi connectivity index (χ0v) is 20.1. The van der Waals surface area contributed by atoms with Gasteiger partial charge in [-0.05, 0) is 6.42 Å². The van der Waals surface area contributed by atoms with Crippen LogP contribution in [0.4, 0.5) is 0 Å². The summed E-state index contributed by atoms with van der Waals surface area (Å²) in [5.74, 6) is -32.2. The Morgan fingerprint density at radius 1 is 0.528 bits per heavy atom. The van der Waals surface area contributed by atoms with Gasteiger partial charge in [-0.15, -0.1) is 0 Å². The summed E-state index contributed by atoms with van der Waals surface area (Å²) in [6, 6.07) is 0. The lowest BCUT2D eigenvalue weighted by atomic mass is 9.80. The van der Waals surface area contributed by atoms with Crippen LogP contribution in [-0.4, -0.2) is 131 Å². The molecule has 0 aliphatic heterocycles. The molecule has 16 heteroatoms. The summed E-state index contributed by atoms with van der Waals surface area (Å²) in [7, 11) is 0. The predicted molar refractivity (Wildman–Crippen MR) is 117 cm³/mol. The third kappa shape index (κ3) is 8.47. The summed E-state index contributed by atoms with van der Waals surface area (Å²) in [4.78, 5) is 10.8. The van der Waals surface area contributed by atoms with Crippen LogP contribution in [-0.2, 0) is 4.79 Å². The maximum Gasteiger partial charge on any atom is 0.370 e. The molecule has 0 heterocycles. The van der Waals surface area contributed by atoms with Crippen molar-refractivity contribution in [1.29, 1.82) is 0 Å². The highest BCUT2D eigenvalue weighted by Crippen LogP contribution is 2.43. The lowest BCUT2D eigenvalue weighted by molar-refractivity contribution is -0.557. The molecule has 0 aromatic heterocycles. The van der Waals surface area contributed by atoms with Crippen LogP contribution < -0.4 is 0 Å². The van der Waals surface area contributed by atoms with Gasteiger partial charge in [-0.1, -0.05) is 58.3 Å². The molecule has 0 fully saturated rings. The van der Waals surface area contributed by atoms with E-state index in [-0.39, 0.29) is 19.6 Å². The van der Waals surface area contributed by atoms with Gasteiger partial charge in [0.1, 0.15) is 0 Å². The molecule has 0 saturated heterocycles. The van der Waals surface area contributed by atoms with E-state index < -0.39 is 47.1 Å². The zero-order chi connectivity index (χ0) is 29.1. The van der Waals surface area contributed by atoms with Crippen molar-refractivity contribution in [2.75, 3.05) is 13.2 Å². The molecular weight excluding hydrogens is 496 g/mol.